The quantitative estimate of drug-likeness (QED) is 0.637. The zero-order chi connectivity index (χ0) is 20.4. The van der Waals surface area contributed by atoms with E-state index in [1.807, 2.05) is 0 Å². The molecule has 0 saturated heterocycles. The van der Waals surface area contributed by atoms with Gasteiger partial charge in [-0.25, -0.2) is 4.79 Å². The van der Waals surface area contributed by atoms with Crippen LogP contribution in [0.25, 0.3) is 10.9 Å². The molecule has 0 unspecified atom stereocenters. The van der Waals surface area contributed by atoms with Gasteiger partial charge in [0.05, 0.1) is 20.9 Å². The smallest absolute Gasteiger partial charge is 0.331 e. The number of para-hydroxylation sites is 1. The number of amides is 1. The van der Waals surface area contributed by atoms with Crippen LogP contribution in [0, 0.1) is 0 Å². The lowest BCUT2D eigenvalue weighted by molar-refractivity contribution is -0.131. The summed E-state index contributed by atoms with van der Waals surface area (Å²) in [6, 6.07) is 12.0. The van der Waals surface area contributed by atoms with E-state index in [9.17, 15) is 14.4 Å². The highest BCUT2D eigenvalue weighted by Crippen LogP contribution is 2.26. The maximum absolute atomic E-state index is 12.8. The number of carbonyl (C=O) groups is 1. The molecular weight excluding hydrogens is 401 g/mol. The van der Waals surface area contributed by atoms with Crippen LogP contribution in [0.1, 0.15) is 12.5 Å². The van der Waals surface area contributed by atoms with Gasteiger partial charge in [-0.1, -0.05) is 47.5 Å². The summed E-state index contributed by atoms with van der Waals surface area (Å²) in [7, 11) is 1.63. The molecule has 3 aromatic rings. The fourth-order valence-corrected chi connectivity index (χ4v) is 3.45. The summed E-state index contributed by atoms with van der Waals surface area (Å²) in [4.78, 5) is 39.5. The summed E-state index contributed by atoms with van der Waals surface area (Å²) in [6.07, 6.45) is 0. The van der Waals surface area contributed by atoms with E-state index >= 15 is 0 Å². The van der Waals surface area contributed by atoms with E-state index in [-0.39, 0.29) is 31.1 Å². The third kappa shape index (κ3) is 3.70. The van der Waals surface area contributed by atoms with Crippen molar-refractivity contribution in [1.29, 1.82) is 0 Å². The number of hydrogen-bond acceptors (Lipinski definition) is 3. The molecule has 6 nitrogen and oxygen atoms in total. The summed E-state index contributed by atoms with van der Waals surface area (Å²) in [5, 5.41) is 1.21. The van der Waals surface area contributed by atoms with Gasteiger partial charge in [-0.15, -0.1) is 0 Å². The van der Waals surface area contributed by atoms with Gasteiger partial charge in [-0.2, -0.15) is 0 Å². The Bertz CT molecular complexity index is 1170. The molecule has 0 N–H and O–H groups in total. The van der Waals surface area contributed by atoms with Gasteiger partial charge in [-0.05, 0) is 30.7 Å². The number of likely N-dealkylation sites (N-methyl/N-ethyl adjacent to an activating group) is 1. The number of fused-ring (bicyclic) bond motifs is 1. The van der Waals surface area contributed by atoms with Crippen molar-refractivity contribution in [2.24, 2.45) is 0 Å². The van der Waals surface area contributed by atoms with Crippen molar-refractivity contribution in [3.05, 3.63) is 78.9 Å². The first-order chi connectivity index (χ1) is 13.3. The van der Waals surface area contributed by atoms with Gasteiger partial charge < -0.3 is 4.90 Å². The standard InChI is InChI=1S/C20H19Cl2N3O3/c1-3-24-19(27)14-8-4-5-10-16(14)25(20(24)28)12-17(26)23(2)11-13-7-6-9-15(21)18(13)22/h4-10H,3,11-12H2,1-2H3. The monoisotopic (exact) mass is 419 g/mol. The van der Waals surface area contributed by atoms with Crippen LogP contribution in [0.2, 0.25) is 10.0 Å². The van der Waals surface area contributed by atoms with Crippen LogP contribution in [0.5, 0.6) is 0 Å². The van der Waals surface area contributed by atoms with Crippen molar-refractivity contribution in [3.8, 4) is 0 Å². The SMILES string of the molecule is CCn1c(=O)c2ccccc2n(CC(=O)N(C)Cc2cccc(Cl)c2Cl)c1=O. The van der Waals surface area contributed by atoms with Gasteiger partial charge in [0.25, 0.3) is 5.56 Å². The van der Waals surface area contributed by atoms with Crippen LogP contribution in [0.15, 0.2) is 52.1 Å². The molecule has 1 aromatic heterocycles. The Hall–Kier alpha value is -2.57. The third-order valence-electron chi connectivity index (χ3n) is 4.61. The highest BCUT2D eigenvalue weighted by Gasteiger charge is 2.17. The minimum atomic E-state index is -0.506. The molecule has 28 heavy (non-hydrogen) atoms. The molecule has 146 valence electrons. The number of halogens is 2. The van der Waals surface area contributed by atoms with Crippen molar-refractivity contribution >= 4 is 40.0 Å². The third-order valence-corrected chi connectivity index (χ3v) is 5.46. The number of benzene rings is 2. The molecule has 0 bridgehead atoms. The number of carbonyl (C=O) groups excluding carboxylic acids is 1. The highest BCUT2D eigenvalue weighted by molar-refractivity contribution is 6.42. The fraction of sp³-hybridized carbons (Fsp3) is 0.250. The largest absolute Gasteiger partial charge is 0.340 e. The minimum Gasteiger partial charge on any atom is -0.340 e. The van der Waals surface area contributed by atoms with Crippen LogP contribution in [-0.4, -0.2) is 27.0 Å². The molecule has 8 heteroatoms. The van der Waals surface area contributed by atoms with Crippen LogP contribution in [-0.2, 0) is 24.4 Å². The molecule has 0 aliphatic carbocycles. The van der Waals surface area contributed by atoms with Gasteiger partial charge in [0.2, 0.25) is 5.91 Å². The van der Waals surface area contributed by atoms with Crippen molar-refractivity contribution in [3.63, 3.8) is 0 Å². The Labute approximate surface area is 171 Å². The van der Waals surface area contributed by atoms with Crippen LogP contribution in [0.4, 0.5) is 0 Å². The lowest BCUT2D eigenvalue weighted by Crippen LogP contribution is -2.42. The summed E-state index contributed by atoms with van der Waals surface area (Å²) in [5.41, 5.74) is 0.282. The first-order valence-corrected chi connectivity index (χ1v) is 9.50. The maximum Gasteiger partial charge on any atom is 0.331 e. The van der Waals surface area contributed by atoms with E-state index in [4.69, 9.17) is 23.2 Å². The summed E-state index contributed by atoms with van der Waals surface area (Å²) < 4.78 is 2.46. The zero-order valence-corrected chi connectivity index (χ0v) is 17.0. The fourth-order valence-electron chi connectivity index (χ4n) is 3.07. The summed E-state index contributed by atoms with van der Waals surface area (Å²) in [5.74, 6) is -0.287. The first-order valence-electron chi connectivity index (χ1n) is 8.74. The molecule has 0 atom stereocenters. The lowest BCUT2D eigenvalue weighted by Gasteiger charge is -2.20. The summed E-state index contributed by atoms with van der Waals surface area (Å²) in [6.45, 7) is 2.01. The van der Waals surface area contributed by atoms with Gasteiger partial charge in [-0.3, -0.25) is 18.7 Å². The Morgan fingerprint density at radius 3 is 2.46 bits per heavy atom. The van der Waals surface area contributed by atoms with Crippen LogP contribution in [0.3, 0.4) is 0 Å². The minimum absolute atomic E-state index is 0.186. The van der Waals surface area contributed by atoms with Crippen molar-refractivity contribution in [1.82, 2.24) is 14.0 Å². The van der Waals surface area contributed by atoms with Gasteiger partial charge in [0.1, 0.15) is 6.54 Å². The average molecular weight is 420 g/mol. The van der Waals surface area contributed by atoms with E-state index in [2.05, 4.69) is 0 Å². The predicted octanol–water partition coefficient (Wildman–Crippen LogP) is 3.15. The number of rotatable bonds is 5. The molecule has 3 rings (SSSR count). The molecule has 0 aliphatic heterocycles. The van der Waals surface area contributed by atoms with Crippen molar-refractivity contribution in [2.45, 2.75) is 26.6 Å². The average Bonchev–Trinajstić information content (AvgIpc) is 2.69. The Balaban J connectivity index is 1.96. The molecular formula is C20H19Cl2N3O3. The predicted molar refractivity (Wildman–Crippen MR) is 111 cm³/mol. The Morgan fingerprint density at radius 1 is 1.04 bits per heavy atom. The van der Waals surface area contributed by atoms with Crippen LogP contribution < -0.4 is 11.2 Å². The van der Waals surface area contributed by atoms with E-state index in [0.29, 0.717) is 26.5 Å². The van der Waals surface area contributed by atoms with Gasteiger partial charge in [0, 0.05) is 20.1 Å². The number of hydrogen-bond donors (Lipinski definition) is 0. The van der Waals surface area contributed by atoms with E-state index in [1.165, 1.54) is 9.47 Å². The van der Waals surface area contributed by atoms with Crippen LogP contribution >= 0.6 is 23.2 Å². The maximum atomic E-state index is 12.8. The van der Waals surface area contributed by atoms with Crippen molar-refractivity contribution in [2.75, 3.05) is 7.05 Å². The summed E-state index contributed by atoms with van der Waals surface area (Å²) >= 11 is 12.2. The number of nitrogens with zero attached hydrogens (tertiary/aromatic N) is 3. The van der Waals surface area contributed by atoms with E-state index < -0.39 is 5.69 Å². The molecule has 0 spiro atoms. The second-order valence-electron chi connectivity index (χ2n) is 6.40. The molecule has 1 heterocycles. The highest BCUT2D eigenvalue weighted by atomic mass is 35.5. The van der Waals surface area contributed by atoms with E-state index in [1.54, 1.807) is 56.4 Å². The molecule has 0 fully saturated rings. The second kappa shape index (κ2) is 8.20. The lowest BCUT2D eigenvalue weighted by atomic mass is 10.2. The molecule has 2 aromatic carbocycles. The Kier molecular flexibility index (Phi) is 5.91. The van der Waals surface area contributed by atoms with Crippen molar-refractivity contribution < 1.29 is 4.79 Å². The second-order valence-corrected chi connectivity index (χ2v) is 7.18. The molecule has 0 aliphatic rings. The zero-order valence-electron chi connectivity index (χ0n) is 15.5. The topological polar surface area (TPSA) is 64.3 Å². The molecule has 0 radical (unpaired) electrons. The van der Waals surface area contributed by atoms with Gasteiger partial charge in [0.15, 0.2) is 0 Å². The molecule has 1 amide bonds. The Morgan fingerprint density at radius 2 is 1.75 bits per heavy atom. The first kappa shape index (κ1) is 20.2. The molecule has 0 saturated carbocycles. The number of aromatic nitrogens is 2. The van der Waals surface area contributed by atoms with E-state index in [0.717, 1.165) is 4.57 Å². The normalized spacial score (nSPS) is 11.0. The van der Waals surface area contributed by atoms with Gasteiger partial charge >= 0.3 is 5.69 Å².